The molecule has 120 valence electrons. The van der Waals surface area contributed by atoms with Crippen molar-refractivity contribution in [3.05, 3.63) is 71.8 Å². The molecule has 2 aromatic rings. The normalized spacial score (nSPS) is 15.8. The van der Waals surface area contributed by atoms with Crippen molar-refractivity contribution in [2.45, 2.75) is 12.8 Å². The van der Waals surface area contributed by atoms with Gasteiger partial charge in [-0.25, -0.2) is 0 Å². The predicted octanol–water partition coefficient (Wildman–Crippen LogP) is 1.57. The molecule has 1 heterocycles. The molecule has 1 N–H and O–H groups in total. The third-order valence-corrected chi connectivity index (χ3v) is 4.79. The van der Waals surface area contributed by atoms with E-state index in [1.54, 1.807) is 4.90 Å². The SMILES string of the molecule is CC[NH+]1CCN(C(=O)C(c2ccccc2)c2ccccc2)CC1. The summed E-state index contributed by atoms with van der Waals surface area (Å²) in [4.78, 5) is 16.8. The standard InChI is InChI=1S/C20H24N2O/c1-2-21-13-15-22(16-14-21)20(23)19(17-9-5-3-6-10-17)18-11-7-4-8-12-18/h3-12,19H,2,13-16H2,1H3/p+1. The number of piperazine rings is 1. The molecular weight excluding hydrogens is 284 g/mol. The molecule has 0 aromatic heterocycles. The van der Waals surface area contributed by atoms with E-state index in [0.717, 1.165) is 43.9 Å². The summed E-state index contributed by atoms with van der Waals surface area (Å²) in [6.07, 6.45) is 0. The van der Waals surface area contributed by atoms with Gasteiger partial charge in [0.25, 0.3) is 0 Å². The minimum Gasteiger partial charge on any atom is -0.332 e. The van der Waals surface area contributed by atoms with E-state index >= 15 is 0 Å². The highest BCUT2D eigenvalue weighted by atomic mass is 16.2. The molecule has 3 heteroatoms. The zero-order valence-electron chi connectivity index (χ0n) is 13.7. The molecule has 0 radical (unpaired) electrons. The second-order valence-electron chi connectivity index (χ2n) is 6.18. The van der Waals surface area contributed by atoms with Gasteiger partial charge in [0, 0.05) is 0 Å². The number of hydrogen-bond acceptors (Lipinski definition) is 1. The smallest absolute Gasteiger partial charge is 0.234 e. The van der Waals surface area contributed by atoms with E-state index in [0.29, 0.717) is 0 Å². The van der Waals surface area contributed by atoms with Crippen LogP contribution in [0.2, 0.25) is 0 Å². The lowest BCUT2D eigenvalue weighted by molar-refractivity contribution is -0.902. The number of nitrogens with zero attached hydrogens (tertiary/aromatic N) is 1. The van der Waals surface area contributed by atoms with Crippen LogP contribution in [0, 0.1) is 0 Å². The van der Waals surface area contributed by atoms with Crippen LogP contribution in [-0.2, 0) is 4.79 Å². The van der Waals surface area contributed by atoms with Gasteiger partial charge in [0.15, 0.2) is 0 Å². The number of nitrogens with one attached hydrogen (secondary N) is 1. The molecule has 1 amide bonds. The van der Waals surface area contributed by atoms with Crippen molar-refractivity contribution in [1.82, 2.24) is 4.90 Å². The zero-order chi connectivity index (χ0) is 16.1. The fourth-order valence-electron chi connectivity index (χ4n) is 3.35. The van der Waals surface area contributed by atoms with Crippen LogP contribution in [0.25, 0.3) is 0 Å². The molecule has 23 heavy (non-hydrogen) atoms. The van der Waals surface area contributed by atoms with E-state index in [2.05, 4.69) is 31.2 Å². The number of carbonyl (C=O) groups excluding carboxylic acids is 1. The van der Waals surface area contributed by atoms with Gasteiger partial charge < -0.3 is 9.80 Å². The number of amides is 1. The van der Waals surface area contributed by atoms with Gasteiger partial charge in [-0.2, -0.15) is 0 Å². The van der Waals surface area contributed by atoms with Gasteiger partial charge in [0.1, 0.15) is 0 Å². The highest BCUT2D eigenvalue weighted by Crippen LogP contribution is 2.26. The van der Waals surface area contributed by atoms with Crippen LogP contribution in [0.4, 0.5) is 0 Å². The van der Waals surface area contributed by atoms with Crippen molar-refractivity contribution in [3.8, 4) is 0 Å². The summed E-state index contributed by atoms with van der Waals surface area (Å²) in [5.74, 6) is 0.0399. The average molecular weight is 309 g/mol. The van der Waals surface area contributed by atoms with Crippen molar-refractivity contribution >= 4 is 5.91 Å². The average Bonchev–Trinajstić information content (AvgIpc) is 2.64. The molecular formula is C20H25N2O+. The second-order valence-corrected chi connectivity index (χ2v) is 6.18. The van der Waals surface area contributed by atoms with Gasteiger partial charge in [-0.05, 0) is 18.1 Å². The van der Waals surface area contributed by atoms with E-state index in [9.17, 15) is 4.79 Å². The fraction of sp³-hybridized carbons (Fsp3) is 0.350. The van der Waals surface area contributed by atoms with Gasteiger partial charge in [0.2, 0.25) is 5.91 Å². The number of likely N-dealkylation sites (N-methyl/N-ethyl adjacent to an activating group) is 1. The van der Waals surface area contributed by atoms with E-state index in [-0.39, 0.29) is 11.8 Å². The molecule has 1 aliphatic heterocycles. The van der Waals surface area contributed by atoms with Crippen LogP contribution in [0.3, 0.4) is 0 Å². The molecule has 1 aliphatic rings. The lowest BCUT2D eigenvalue weighted by Gasteiger charge is -2.34. The molecule has 0 saturated carbocycles. The molecule has 0 bridgehead atoms. The van der Waals surface area contributed by atoms with Gasteiger partial charge in [-0.1, -0.05) is 60.7 Å². The molecule has 2 aromatic carbocycles. The summed E-state index contributed by atoms with van der Waals surface area (Å²) in [5, 5.41) is 0. The summed E-state index contributed by atoms with van der Waals surface area (Å²) in [6.45, 7) is 7.18. The van der Waals surface area contributed by atoms with Crippen molar-refractivity contribution in [1.29, 1.82) is 0 Å². The van der Waals surface area contributed by atoms with Crippen LogP contribution in [0.5, 0.6) is 0 Å². The summed E-state index contributed by atoms with van der Waals surface area (Å²) >= 11 is 0. The fourth-order valence-corrected chi connectivity index (χ4v) is 3.35. The van der Waals surface area contributed by atoms with Gasteiger partial charge in [-0.3, -0.25) is 4.79 Å². The lowest BCUT2D eigenvalue weighted by atomic mass is 9.90. The molecule has 0 aliphatic carbocycles. The zero-order valence-corrected chi connectivity index (χ0v) is 13.7. The van der Waals surface area contributed by atoms with Crippen LogP contribution in [-0.4, -0.2) is 43.5 Å². The van der Waals surface area contributed by atoms with Crippen LogP contribution in [0.1, 0.15) is 24.0 Å². The third kappa shape index (κ3) is 3.62. The Morgan fingerprint density at radius 1 is 0.957 bits per heavy atom. The maximum Gasteiger partial charge on any atom is 0.234 e. The number of quaternary nitrogens is 1. The highest BCUT2D eigenvalue weighted by Gasteiger charge is 2.30. The minimum absolute atomic E-state index is 0.194. The molecule has 1 saturated heterocycles. The first-order valence-corrected chi connectivity index (χ1v) is 8.52. The molecule has 1 fully saturated rings. The van der Waals surface area contributed by atoms with Gasteiger partial charge >= 0.3 is 0 Å². The number of rotatable bonds is 4. The first kappa shape index (κ1) is 15.8. The Balaban J connectivity index is 1.86. The Morgan fingerprint density at radius 2 is 1.43 bits per heavy atom. The Bertz CT molecular complexity index is 579. The first-order chi connectivity index (χ1) is 11.3. The predicted molar refractivity (Wildman–Crippen MR) is 92.5 cm³/mol. The van der Waals surface area contributed by atoms with Crippen molar-refractivity contribution < 1.29 is 9.69 Å². The van der Waals surface area contributed by atoms with E-state index in [4.69, 9.17) is 0 Å². The maximum atomic E-state index is 13.2. The second kappa shape index (κ2) is 7.42. The summed E-state index contributed by atoms with van der Waals surface area (Å²) in [6, 6.07) is 20.3. The van der Waals surface area contributed by atoms with E-state index in [1.165, 1.54) is 0 Å². The Labute approximate surface area is 138 Å². The van der Waals surface area contributed by atoms with Gasteiger partial charge in [0.05, 0.1) is 38.6 Å². The number of hydrogen-bond donors (Lipinski definition) is 1. The van der Waals surface area contributed by atoms with E-state index < -0.39 is 0 Å². The lowest BCUT2D eigenvalue weighted by Crippen LogP contribution is -3.14. The number of carbonyl (C=O) groups is 1. The van der Waals surface area contributed by atoms with E-state index in [1.807, 2.05) is 41.3 Å². The maximum absolute atomic E-state index is 13.2. The quantitative estimate of drug-likeness (QED) is 0.911. The summed E-state index contributed by atoms with van der Waals surface area (Å²) < 4.78 is 0. The first-order valence-electron chi connectivity index (χ1n) is 8.52. The Hall–Kier alpha value is -2.13. The topological polar surface area (TPSA) is 24.8 Å². The Morgan fingerprint density at radius 3 is 1.87 bits per heavy atom. The largest absolute Gasteiger partial charge is 0.332 e. The highest BCUT2D eigenvalue weighted by molar-refractivity contribution is 5.87. The third-order valence-electron chi connectivity index (χ3n) is 4.79. The summed E-state index contributed by atoms with van der Waals surface area (Å²) in [7, 11) is 0. The Kier molecular flexibility index (Phi) is 5.09. The van der Waals surface area contributed by atoms with Crippen molar-refractivity contribution in [3.63, 3.8) is 0 Å². The monoisotopic (exact) mass is 309 g/mol. The molecule has 3 rings (SSSR count). The van der Waals surface area contributed by atoms with Crippen molar-refractivity contribution in [2.75, 3.05) is 32.7 Å². The number of benzene rings is 2. The molecule has 0 atom stereocenters. The van der Waals surface area contributed by atoms with Crippen molar-refractivity contribution in [2.24, 2.45) is 0 Å². The molecule has 3 nitrogen and oxygen atoms in total. The minimum atomic E-state index is -0.194. The summed E-state index contributed by atoms with van der Waals surface area (Å²) in [5.41, 5.74) is 2.16. The molecule has 0 unspecified atom stereocenters. The van der Waals surface area contributed by atoms with Crippen LogP contribution < -0.4 is 4.90 Å². The van der Waals surface area contributed by atoms with Crippen LogP contribution in [0.15, 0.2) is 60.7 Å². The van der Waals surface area contributed by atoms with Crippen LogP contribution >= 0.6 is 0 Å². The van der Waals surface area contributed by atoms with Gasteiger partial charge in [-0.15, -0.1) is 0 Å². The molecule has 0 spiro atoms.